The number of aryl methyl sites for hydroxylation is 3. The summed E-state index contributed by atoms with van der Waals surface area (Å²) in [7, 11) is 0. The van der Waals surface area contributed by atoms with Crippen LogP contribution in [0.2, 0.25) is 0 Å². The molecule has 0 N–H and O–H groups in total. The maximum atomic E-state index is 12.0. The normalized spacial score (nSPS) is 10.5. The van der Waals surface area contributed by atoms with E-state index < -0.39 is 0 Å². The van der Waals surface area contributed by atoms with Crippen LogP contribution in [0.5, 0.6) is 0 Å². The van der Waals surface area contributed by atoms with Crippen LogP contribution in [-0.2, 0) is 6.42 Å². The number of hydrogen-bond acceptors (Lipinski definition) is 2. The number of carbonyl (C=O) groups excluding carboxylic acids is 1. The van der Waals surface area contributed by atoms with Crippen LogP contribution in [0, 0.1) is 13.8 Å². The van der Waals surface area contributed by atoms with Gasteiger partial charge in [0.1, 0.15) is 5.76 Å². The van der Waals surface area contributed by atoms with Gasteiger partial charge in [-0.1, -0.05) is 12.1 Å². The highest BCUT2D eigenvalue weighted by atomic mass is 16.3. The third kappa shape index (κ3) is 2.84. The third-order valence-corrected chi connectivity index (χ3v) is 3.01. The van der Waals surface area contributed by atoms with Crippen molar-refractivity contribution in [1.82, 2.24) is 0 Å². The number of ketones is 1. The lowest BCUT2D eigenvalue weighted by Gasteiger charge is -2.04. The predicted octanol–water partition coefficient (Wildman–Crippen LogP) is 3.71. The molecule has 1 aromatic carbocycles. The molecule has 1 heterocycles. The lowest BCUT2D eigenvalue weighted by molar-refractivity contribution is 0.0981. The second-order valence-electron chi connectivity index (χ2n) is 4.30. The van der Waals surface area contributed by atoms with Gasteiger partial charge in [-0.05, 0) is 43.2 Å². The summed E-state index contributed by atoms with van der Waals surface area (Å²) in [5.41, 5.74) is 3.17. The van der Waals surface area contributed by atoms with Gasteiger partial charge < -0.3 is 4.42 Å². The summed E-state index contributed by atoms with van der Waals surface area (Å²) in [6.45, 7) is 4.07. The van der Waals surface area contributed by atoms with Gasteiger partial charge in [-0.3, -0.25) is 4.79 Å². The second kappa shape index (κ2) is 5.00. The van der Waals surface area contributed by atoms with Crippen molar-refractivity contribution >= 4 is 5.78 Å². The fourth-order valence-corrected chi connectivity index (χ4v) is 1.75. The van der Waals surface area contributed by atoms with E-state index in [1.165, 1.54) is 5.56 Å². The first kappa shape index (κ1) is 11.6. The van der Waals surface area contributed by atoms with E-state index in [1.807, 2.05) is 44.2 Å². The molecule has 0 atom stereocenters. The van der Waals surface area contributed by atoms with Crippen molar-refractivity contribution in [2.45, 2.75) is 26.7 Å². The van der Waals surface area contributed by atoms with E-state index in [1.54, 1.807) is 6.26 Å². The molecule has 0 fully saturated rings. The van der Waals surface area contributed by atoms with Gasteiger partial charge in [0, 0.05) is 18.4 Å². The van der Waals surface area contributed by atoms with E-state index in [4.69, 9.17) is 4.42 Å². The molecule has 2 rings (SSSR count). The first-order valence-corrected chi connectivity index (χ1v) is 5.79. The van der Waals surface area contributed by atoms with Gasteiger partial charge in [0.15, 0.2) is 5.78 Å². The number of benzene rings is 1. The van der Waals surface area contributed by atoms with Crippen LogP contribution in [-0.4, -0.2) is 5.78 Å². The zero-order chi connectivity index (χ0) is 12.3. The van der Waals surface area contributed by atoms with E-state index in [0.717, 1.165) is 16.9 Å². The lowest BCUT2D eigenvalue weighted by atomic mass is 10.0. The number of hydrogen-bond donors (Lipinski definition) is 0. The molecule has 17 heavy (non-hydrogen) atoms. The molecule has 2 nitrogen and oxygen atoms in total. The summed E-state index contributed by atoms with van der Waals surface area (Å²) in [6, 6.07) is 9.59. The molecule has 88 valence electrons. The Balaban J connectivity index is 2.02. The summed E-state index contributed by atoms with van der Waals surface area (Å²) >= 11 is 0. The smallest absolute Gasteiger partial charge is 0.163 e. The summed E-state index contributed by atoms with van der Waals surface area (Å²) in [5.74, 6) is 1.03. The van der Waals surface area contributed by atoms with Crippen LogP contribution in [0.4, 0.5) is 0 Å². The topological polar surface area (TPSA) is 30.2 Å². The SMILES string of the molecule is Cc1ccc(C(=O)CCc2ccco2)cc1C. The van der Waals surface area contributed by atoms with Crippen LogP contribution in [0.25, 0.3) is 0 Å². The molecule has 0 spiro atoms. The van der Waals surface area contributed by atoms with Gasteiger partial charge in [-0.25, -0.2) is 0 Å². The highest BCUT2D eigenvalue weighted by Gasteiger charge is 2.08. The molecular weight excluding hydrogens is 212 g/mol. The fourth-order valence-electron chi connectivity index (χ4n) is 1.75. The minimum Gasteiger partial charge on any atom is -0.469 e. The van der Waals surface area contributed by atoms with Crippen LogP contribution in [0.1, 0.15) is 33.7 Å². The standard InChI is InChI=1S/C15H16O2/c1-11-5-6-13(10-12(11)2)15(16)8-7-14-4-3-9-17-14/h3-6,9-10H,7-8H2,1-2H3. The number of rotatable bonds is 4. The molecule has 0 unspecified atom stereocenters. The minimum absolute atomic E-state index is 0.171. The lowest BCUT2D eigenvalue weighted by Crippen LogP contribution is -2.01. The molecule has 2 aromatic rings. The molecule has 0 saturated carbocycles. The number of furan rings is 1. The monoisotopic (exact) mass is 228 g/mol. The van der Waals surface area contributed by atoms with Crippen molar-refractivity contribution in [2.24, 2.45) is 0 Å². The largest absolute Gasteiger partial charge is 0.469 e. The van der Waals surface area contributed by atoms with Crippen molar-refractivity contribution in [3.8, 4) is 0 Å². The maximum absolute atomic E-state index is 12.0. The molecule has 0 bridgehead atoms. The van der Waals surface area contributed by atoms with Crippen LogP contribution < -0.4 is 0 Å². The summed E-state index contributed by atoms with van der Waals surface area (Å²) in [6.07, 6.45) is 2.80. The Hall–Kier alpha value is -1.83. The van der Waals surface area contributed by atoms with E-state index in [9.17, 15) is 4.79 Å². The van der Waals surface area contributed by atoms with Gasteiger partial charge in [0.2, 0.25) is 0 Å². The van der Waals surface area contributed by atoms with Gasteiger partial charge >= 0.3 is 0 Å². The molecule has 0 aliphatic rings. The predicted molar refractivity (Wildman–Crippen MR) is 67.3 cm³/mol. The quantitative estimate of drug-likeness (QED) is 0.747. The Morgan fingerprint density at radius 2 is 2.00 bits per heavy atom. The molecule has 0 aliphatic heterocycles. The first-order chi connectivity index (χ1) is 8.16. The highest BCUT2D eigenvalue weighted by Crippen LogP contribution is 2.13. The molecule has 0 aliphatic carbocycles. The number of Topliss-reactive ketones (excluding diaryl/α,β-unsaturated/α-hetero) is 1. The van der Waals surface area contributed by atoms with Crippen molar-refractivity contribution in [3.63, 3.8) is 0 Å². The average molecular weight is 228 g/mol. The Bertz CT molecular complexity index is 510. The van der Waals surface area contributed by atoms with E-state index >= 15 is 0 Å². The summed E-state index contributed by atoms with van der Waals surface area (Å²) in [5, 5.41) is 0. The molecule has 1 aromatic heterocycles. The zero-order valence-corrected chi connectivity index (χ0v) is 10.2. The van der Waals surface area contributed by atoms with Crippen LogP contribution in [0.3, 0.4) is 0 Å². The molecule has 0 amide bonds. The minimum atomic E-state index is 0.171. The van der Waals surface area contributed by atoms with Gasteiger partial charge in [0.25, 0.3) is 0 Å². The van der Waals surface area contributed by atoms with Gasteiger partial charge in [-0.15, -0.1) is 0 Å². The van der Waals surface area contributed by atoms with Crippen molar-refractivity contribution in [2.75, 3.05) is 0 Å². The second-order valence-corrected chi connectivity index (χ2v) is 4.30. The van der Waals surface area contributed by atoms with Gasteiger partial charge in [-0.2, -0.15) is 0 Å². The summed E-state index contributed by atoms with van der Waals surface area (Å²) in [4.78, 5) is 12.0. The van der Waals surface area contributed by atoms with Crippen molar-refractivity contribution in [1.29, 1.82) is 0 Å². The average Bonchev–Trinajstić information content (AvgIpc) is 2.82. The number of carbonyl (C=O) groups is 1. The van der Waals surface area contributed by atoms with Crippen LogP contribution >= 0.6 is 0 Å². The van der Waals surface area contributed by atoms with E-state index in [2.05, 4.69) is 0 Å². The highest BCUT2D eigenvalue weighted by molar-refractivity contribution is 5.96. The van der Waals surface area contributed by atoms with Crippen molar-refractivity contribution in [3.05, 3.63) is 59.0 Å². The molecule has 0 radical (unpaired) electrons. The Labute approximate surface area is 101 Å². The maximum Gasteiger partial charge on any atom is 0.163 e. The third-order valence-electron chi connectivity index (χ3n) is 3.01. The van der Waals surface area contributed by atoms with Gasteiger partial charge in [0.05, 0.1) is 6.26 Å². The molecule has 2 heteroatoms. The van der Waals surface area contributed by atoms with Crippen molar-refractivity contribution < 1.29 is 9.21 Å². The Morgan fingerprint density at radius 1 is 1.18 bits per heavy atom. The van der Waals surface area contributed by atoms with E-state index in [0.29, 0.717) is 12.8 Å². The molecular formula is C15H16O2. The van der Waals surface area contributed by atoms with E-state index in [-0.39, 0.29) is 5.78 Å². The first-order valence-electron chi connectivity index (χ1n) is 5.79. The molecule has 0 saturated heterocycles. The van der Waals surface area contributed by atoms with Crippen LogP contribution in [0.15, 0.2) is 41.0 Å². The Kier molecular flexibility index (Phi) is 3.43. The fraction of sp³-hybridized carbons (Fsp3) is 0.267. The zero-order valence-electron chi connectivity index (χ0n) is 10.2. The Morgan fingerprint density at radius 3 is 2.65 bits per heavy atom. The summed E-state index contributed by atoms with van der Waals surface area (Å²) < 4.78 is 5.21.